The lowest BCUT2D eigenvalue weighted by atomic mass is 10.3. The van der Waals surface area contributed by atoms with Gasteiger partial charge in [-0.25, -0.2) is 0 Å². The summed E-state index contributed by atoms with van der Waals surface area (Å²) >= 11 is 17.5. The summed E-state index contributed by atoms with van der Waals surface area (Å²) in [6.07, 6.45) is 0. The highest BCUT2D eigenvalue weighted by atomic mass is 35.5. The molecular formula is C12H8Cl3NO. The first kappa shape index (κ1) is 12.4. The highest BCUT2D eigenvalue weighted by molar-refractivity contribution is 6.42. The smallest absolute Gasteiger partial charge is 0.151 e. The average molecular weight is 289 g/mol. The molecule has 2 N–H and O–H groups in total. The van der Waals surface area contributed by atoms with E-state index in [1.54, 1.807) is 36.4 Å². The molecule has 5 heteroatoms. The fourth-order valence-corrected chi connectivity index (χ4v) is 1.71. The number of hydrogen-bond acceptors (Lipinski definition) is 2. The van der Waals surface area contributed by atoms with Gasteiger partial charge in [0.2, 0.25) is 0 Å². The predicted octanol–water partition coefficient (Wildman–Crippen LogP) is 5.02. The molecule has 88 valence electrons. The molecule has 0 saturated carbocycles. The van der Waals surface area contributed by atoms with Gasteiger partial charge in [-0.15, -0.1) is 0 Å². The molecule has 0 saturated heterocycles. The van der Waals surface area contributed by atoms with Crippen molar-refractivity contribution in [3.8, 4) is 11.5 Å². The zero-order chi connectivity index (χ0) is 12.4. The van der Waals surface area contributed by atoms with E-state index in [1.807, 2.05) is 0 Å². The van der Waals surface area contributed by atoms with Crippen LogP contribution in [0.15, 0.2) is 36.4 Å². The summed E-state index contributed by atoms with van der Waals surface area (Å²) in [4.78, 5) is 0. The van der Waals surface area contributed by atoms with Crippen molar-refractivity contribution >= 4 is 40.5 Å². The maximum absolute atomic E-state index is 5.88. The fourth-order valence-electron chi connectivity index (χ4n) is 1.26. The first-order valence-electron chi connectivity index (χ1n) is 4.74. The van der Waals surface area contributed by atoms with Crippen molar-refractivity contribution in [3.05, 3.63) is 51.5 Å². The maximum Gasteiger partial charge on any atom is 0.151 e. The van der Waals surface area contributed by atoms with E-state index in [1.165, 1.54) is 0 Å². The lowest BCUT2D eigenvalue weighted by Gasteiger charge is -2.09. The third-order valence-corrected chi connectivity index (χ3v) is 3.07. The second-order valence-electron chi connectivity index (χ2n) is 3.36. The summed E-state index contributed by atoms with van der Waals surface area (Å²) < 4.78 is 5.57. The molecule has 0 radical (unpaired) electrons. The Kier molecular flexibility index (Phi) is 3.67. The molecule has 0 spiro atoms. The molecular weight excluding hydrogens is 280 g/mol. The summed E-state index contributed by atoms with van der Waals surface area (Å²) in [7, 11) is 0. The Hall–Kier alpha value is -1.09. The van der Waals surface area contributed by atoms with Crippen LogP contribution in [0.4, 0.5) is 5.69 Å². The van der Waals surface area contributed by atoms with Crippen molar-refractivity contribution in [1.82, 2.24) is 0 Å². The largest absolute Gasteiger partial charge is 0.455 e. The quantitative estimate of drug-likeness (QED) is 0.787. The van der Waals surface area contributed by atoms with Crippen LogP contribution in [0.3, 0.4) is 0 Å². The minimum Gasteiger partial charge on any atom is -0.455 e. The number of ether oxygens (including phenoxy) is 1. The Morgan fingerprint density at radius 2 is 1.65 bits per heavy atom. The van der Waals surface area contributed by atoms with Crippen molar-refractivity contribution in [3.63, 3.8) is 0 Å². The van der Waals surface area contributed by atoms with Gasteiger partial charge in [0, 0.05) is 17.2 Å². The molecule has 0 amide bonds. The van der Waals surface area contributed by atoms with Gasteiger partial charge in [-0.3, -0.25) is 0 Å². The number of hydrogen-bond donors (Lipinski definition) is 1. The zero-order valence-electron chi connectivity index (χ0n) is 8.58. The minimum atomic E-state index is 0.421. The Balaban J connectivity index is 2.31. The first-order valence-corrected chi connectivity index (χ1v) is 5.87. The molecule has 2 aromatic carbocycles. The molecule has 2 nitrogen and oxygen atoms in total. The standard InChI is InChI=1S/C12H8Cl3NO/c13-7-1-4-11(16)12(5-7)17-8-2-3-9(14)10(15)6-8/h1-6H,16H2. The van der Waals surface area contributed by atoms with Crippen molar-refractivity contribution in [2.24, 2.45) is 0 Å². The van der Waals surface area contributed by atoms with E-state index in [2.05, 4.69) is 0 Å². The van der Waals surface area contributed by atoms with Crippen molar-refractivity contribution < 1.29 is 4.74 Å². The molecule has 0 fully saturated rings. The summed E-state index contributed by atoms with van der Waals surface area (Å²) in [5.41, 5.74) is 6.26. The lowest BCUT2D eigenvalue weighted by Crippen LogP contribution is -1.91. The van der Waals surface area contributed by atoms with E-state index in [0.717, 1.165) is 0 Å². The van der Waals surface area contributed by atoms with Gasteiger partial charge in [-0.2, -0.15) is 0 Å². The summed E-state index contributed by atoms with van der Waals surface area (Å²) in [6, 6.07) is 9.98. The van der Waals surface area contributed by atoms with Crippen LogP contribution in [0, 0.1) is 0 Å². The number of rotatable bonds is 2. The third-order valence-electron chi connectivity index (χ3n) is 2.09. The van der Waals surface area contributed by atoms with Crippen LogP contribution in [-0.4, -0.2) is 0 Å². The van der Waals surface area contributed by atoms with Gasteiger partial charge in [-0.05, 0) is 24.3 Å². The first-order chi connectivity index (χ1) is 8.06. The molecule has 2 aromatic rings. The van der Waals surface area contributed by atoms with E-state index in [4.69, 9.17) is 45.3 Å². The highest BCUT2D eigenvalue weighted by Crippen LogP contribution is 2.33. The zero-order valence-corrected chi connectivity index (χ0v) is 10.9. The van der Waals surface area contributed by atoms with Gasteiger partial charge >= 0.3 is 0 Å². The Bertz CT molecular complexity index is 557. The van der Waals surface area contributed by atoms with Crippen LogP contribution < -0.4 is 10.5 Å². The molecule has 17 heavy (non-hydrogen) atoms. The Labute approximate surface area is 114 Å². The van der Waals surface area contributed by atoms with Crippen molar-refractivity contribution in [2.75, 3.05) is 5.73 Å². The predicted molar refractivity (Wildman–Crippen MR) is 72.4 cm³/mol. The second kappa shape index (κ2) is 5.05. The van der Waals surface area contributed by atoms with Crippen LogP contribution in [0.1, 0.15) is 0 Å². The summed E-state index contributed by atoms with van der Waals surface area (Å²) in [6.45, 7) is 0. The molecule has 2 rings (SSSR count). The van der Waals surface area contributed by atoms with Gasteiger partial charge in [-0.1, -0.05) is 34.8 Å². The monoisotopic (exact) mass is 287 g/mol. The molecule has 0 unspecified atom stereocenters. The third kappa shape index (κ3) is 2.97. The summed E-state index contributed by atoms with van der Waals surface area (Å²) in [5, 5.41) is 1.44. The number of benzene rings is 2. The molecule has 0 atom stereocenters. The maximum atomic E-state index is 5.88. The topological polar surface area (TPSA) is 35.2 Å². The number of halogens is 3. The van der Waals surface area contributed by atoms with Gasteiger partial charge in [0.15, 0.2) is 5.75 Å². The van der Waals surface area contributed by atoms with E-state index in [-0.39, 0.29) is 0 Å². The Morgan fingerprint density at radius 1 is 0.882 bits per heavy atom. The fraction of sp³-hybridized carbons (Fsp3) is 0. The average Bonchev–Trinajstić information content (AvgIpc) is 2.29. The van der Waals surface area contributed by atoms with Gasteiger partial charge in [0.25, 0.3) is 0 Å². The minimum absolute atomic E-state index is 0.421. The van der Waals surface area contributed by atoms with E-state index in [9.17, 15) is 0 Å². The van der Waals surface area contributed by atoms with Crippen molar-refractivity contribution in [1.29, 1.82) is 0 Å². The van der Waals surface area contributed by atoms with Gasteiger partial charge < -0.3 is 10.5 Å². The number of nitrogens with two attached hydrogens (primary N) is 1. The second-order valence-corrected chi connectivity index (χ2v) is 4.61. The molecule has 0 aliphatic heterocycles. The molecule has 0 aliphatic carbocycles. The molecule has 0 bridgehead atoms. The summed E-state index contributed by atoms with van der Waals surface area (Å²) in [5.74, 6) is 1.03. The van der Waals surface area contributed by atoms with E-state index >= 15 is 0 Å². The van der Waals surface area contributed by atoms with Gasteiger partial charge in [0.1, 0.15) is 5.75 Å². The highest BCUT2D eigenvalue weighted by Gasteiger charge is 2.05. The molecule has 0 aliphatic rings. The van der Waals surface area contributed by atoms with Crippen LogP contribution in [-0.2, 0) is 0 Å². The van der Waals surface area contributed by atoms with Crippen LogP contribution in [0.2, 0.25) is 15.1 Å². The van der Waals surface area contributed by atoms with E-state index < -0.39 is 0 Å². The number of nitrogen functional groups attached to an aromatic ring is 1. The van der Waals surface area contributed by atoms with Crippen LogP contribution >= 0.6 is 34.8 Å². The number of anilines is 1. The molecule has 0 heterocycles. The lowest BCUT2D eigenvalue weighted by molar-refractivity contribution is 0.485. The Morgan fingerprint density at radius 3 is 2.35 bits per heavy atom. The van der Waals surface area contributed by atoms with Crippen LogP contribution in [0.5, 0.6) is 11.5 Å². The van der Waals surface area contributed by atoms with E-state index in [0.29, 0.717) is 32.3 Å². The normalized spacial score (nSPS) is 10.3. The molecule has 0 aromatic heterocycles. The van der Waals surface area contributed by atoms with Crippen LogP contribution in [0.25, 0.3) is 0 Å². The van der Waals surface area contributed by atoms with Crippen molar-refractivity contribution in [2.45, 2.75) is 0 Å². The SMILES string of the molecule is Nc1ccc(Cl)cc1Oc1ccc(Cl)c(Cl)c1. The van der Waals surface area contributed by atoms with Gasteiger partial charge in [0.05, 0.1) is 15.7 Å².